The fraction of sp³-hybridized carbons (Fsp3) is 1.00. The van der Waals surface area contributed by atoms with Gasteiger partial charge in [0.25, 0.3) is 0 Å². The Morgan fingerprint density at radius 1 is 1.20 bits per heavy atom. The first-order valence-electron chi connectivity index (χ1n) is 7.06. The summed E-state index contributed by atoms with van der Waals surface area (Å²) < 4.78 is 0. The fourth-order valence-electron chi connectivity index (χ4n) is 3.74. The zero-order valence-corrected chi connectivity index (χ0v) is 10.1. The second kappa shape index (κ2) is 3.76. The van der Waals surface area contributed by atoms with E-state index < -0.39 is 0 Å². The molecule has 0 aromatic carbocycles. The van der Waals surface area contributed by atoms with Gasteiger partial charge in [-0.3, -0.25) is 0 Å². The van der Waals surface area contributed by atoms with Crippen LogP contribution in [0.25, 0.3) is 0 Å². The fourth-order valence-corrected chi connectivity index (χ4v) is 3.74. The molecule has 3 aliphatic rings. The standard InChI is InChI=1S/C14H25N/c1-2-11-4-3-7-14(8-11)9-12(14)10-15-13-5-6-13/h11-13,15H,2-10H2,1H3. The van der Waals surface area contributed by atoms with Crippen LogP contribution >= 0.6 is 0 Å². The predicted octanol–water partition coefficient (Wildman–Crippen LogP) is 3.34. The molecule has 0 aromatic rings. The molecular weight excluding hydrogens is 182 g/mol. The minimum absolute atomic E-state index is 0.820. The van der Waals surface area contributed by atoms with E-state index in [9.17, 15) is 0 Å². The molecule has 3 aliphatic carbocycles. The average molecular weight is 207 g/mol. The molecule has 0 saturated heterocycles. The summed E-state index contributed by atoms with van der Waals surface area (Å²) in [6, 6.07) is 0.910. The first-order chi connectivity index (χ1) is 7.32. The smallest absolute Gasteiger partial charge is 0.00683 e. The van der Waals surface area contributed by atoms with Crippen molar-refractivity contribution in [2.75, 3.05) is 6.54 Å². The van der Waals surface area contributed by atoms with E-state index in [4.69, 9.17) is 0 Å². The highest BCUT2D eigenvalue weighted by molar-refractivity contribution is 5.06. The molecule has 1 spiro atoms. The molecule has 3 unspecified atom stereocenters. The summed E-state index contributed by atoms with van der Waals surface area (Å²) >= 11 is 0. The Kier molecular flexibility index (Phi) is 2.54. The van der Waals surface area contributed by atoms with E-state index in [0.29, 0.717) is 0 Å². The van der Waals surface area contributed by atoms with Crippen molar-refractivity contribution in [3.05, 3.63) is 0 Å². The highest BCUT2D eigenvalue weighted by atomic mass is 15.0. The maximum atomic E-state index is 3.72. The zero-order valence-electron chi connectivity index (χ0n) is 10.1. The lowest BCUT2D eigenvalue weighted by Gasteiger charge is -2.29. The van der Waals surface area contributed by atoms with Crippen molar-refractivity contribution in [2.24, 2.45) is 17.3 Å². The largest absolute Gasteiger partial charge is 0.314 e. The lowest BCUT2D eigenvalue weighted by Crippen LogP contribution is -2.24. The Morgan fingerprint density at radius 2 is 2.07 bits per heavy atom. The number of nitrogens with one attached hydrogen (secondary N) is 1. The van der Waals surface area contributed by atoms with Crippen molar-refractivity contribution >= 4 is 0 Å². The van der Waals surface area contributed by atoms with E-state index in [1.165, 1.54) is 38.6 Å². The van der Waals surface area contributed by atoms with Gasteiger partial charge in [-0.05, 0) is 55.9 Å². The van der Waals surface area contributed by atoms with Crippen LogP contribution in [0.3, 0.4) is 0 Å². The molecule has 0 aromatic heterocycles. The molecule has 0 aliphatic heterocycles. The lowest BCUT2D eigenvalue weighted by atomic mass is 9.76. The summed E-state index contributed by atoms with van der Waals surface area (Å²) in [5.41, 5.74) is 0.820. The van der Waals surface area contributed by atoms with Crippen molar-refractivity contribution in [3.8, 4) is 0 Å². The van der Waals surface area contributed by atoms with E-state index in [1.54, 1.807) is 19.3 Å². The summed E-state index contributed by atoms with van der Waals surface area (Å²) in [6.07, 6.45) is 12.0. The Balaban J connectivity index is 1.48. The molecule has 86 valence electrons. The molecule has 3 atom stereocenters. The molecule has 15 heavy (non-hydrogen) atoms. The second-order valence-corrected chi connectivity index (χ2v) is 6.32. The summed E-state index contributed by atoms with van der Waals surface area (Å²) in [5.74, 6) is 2.11. The van der Waals surface area contributed by atoms with E-state index >= 15 is 0 Å². The molecule has 3 fully saturated rings. The van der Waals surface area contributed by atoms with Crippen molar-refractivity contribution in [2.45, 2.75) is 64.3 Å². The highest BCUT2D eigenvalue weighted by Gasteiger charge is 2.54. The van der Waals surface area contributed by atoms with Crippen molar-refractivity contribution in [1.29, 1.82) is 0 Å². The summed E-state index contributed by atoms with van der Waals surface area (Å²) in [4.78, 5) is 0. The molecule has 3 saturated carbocycles. The molecule has 1 heteroatoms. The Morgan fingerprint density at radius 3 is 2.80 bits per heavy atom. The van der Waals surface area contributed by atoms with Gasteiger partial charge in [-0.2, -0.15) is 0 Å². The van der Waals surface area contributed by atoms with Crippen LogP contribution in [0.4, 0.5) is 0 Å². The van der Waals surface area contributed by atoms with E-state index in [0.717, 1.165) is 23.3 Å². The molecule has 0 radical (unpaired) electrons. The predicted molar refractivity (Wildman–Crippen MR) is 63.8 cm³/mol. The molecule has 0 amide bonds. The van der Waals surface area contributed by atoms with Gasteiger partial charge < -0.3 is 5.32 Å². The Hall–Kier alpha value is -0.0400. The molecule has 1 nitrogen and oxygen atoms in total. The molecular formula is C14H25N. The van der Waals surface area contributed by atoms with Gasteiger partial charge in [0, 0.05) is 6.04 Å². The third-order valence-electron chi connectivity index (χ3n) is 5.15. The Labute approximate surface area is 94.0 Å². The topological polar surface area (TPSA) is 12.0 Å². The van der Waals surface area contributed by atoms with Gasteiger partial charge >= 0.3 is 0 Å². The first-order valence-corrected chi connectivity index (χ1v) is 7.06. The monoisotopic (exact) mass is 207 g/mol. The Bertz CT molecular complexity index is 233. The number of rotatable bonds is 4. The molecule has 3 rings (SSSR count). The molecule has 1 N–H and O–H groups in total. The number of hydrogen-bond acceptors (Lipinski definition) is 1. The van der Waals surface area contributed by atoms with E-state index in [-0.39, 0.29) is 0 Å². The van der Waals surface area contributed by atoms with Gasteiger partial charge in [0.1, 0.15) is 0 Å². The summed E-state index contributed by atoms with van der Waals surface area (Å²) in [5, 5.41) is 3.72. The zero-order chi connectivity index (χ0) is 10.3. The van der Waals surface area contributed by atoms with Crippen LogP contribution in [0.2, 0.25) is 0 Å². The lowest BCUT2D eigenvalue weighted by molar-refractivity contribution is 0.222. The second-order valence-electron chi connectivity index (χ2n) is 6.32. The van der Waals surface area contributed by atoms with Crippen LogP contribution in [0.1, 0.15) is 58.3 Å². The molecule has 0 bridgehead atoms. The van der Waals surface area contributed by atoms with Gasteiger partial charge in [-0.15, -0.1) is 0 Å². The van der Waals surface area contributed by atoms with Crippen molar-refractivity contribution in [3.63, 3.8) is 0 Å². The molecule has 0 heterocycles. The van der Waals surface area contributed by atoms with Gasteiger partial charge in [-0.1, -0.05) is 26.2 Å². The van der Waals surface area contributed by atoms with Gasteiger partial charge in [0.05, 0.1) is 0 Å². The summed E-state index contributed by atoms with van der Waals surface area (Å²) in [7, 11) is 0. The van der Waals surface area contributed by atoms with Crippen LogP contribution in [-0.4, -0.2) is 12.6 Å². The van der Waals surface area contributed by atoms with Crippen LogP contribution in [0, 0.1) is 17.3 Å². The first kappa shape index (κ1) is 10.1. The van der Waals surface area contributed by atoms with Crippen LogP contribution in [0.5, 0.6) is 0 Å². The maximum Gasteiger partial charge on any atom is 0.00683 e. The third-order valence-corrected chi connectivity index (χ3v) is 5.15. The summed E-state index contributed by atoms with van der Waals surface area (Å²) in [6.45, 7) is 3.71. The van der Waals surface area contributed by atoms with E-state index in [1.807, 2.05) is 0 Å². The van der Waals surface area contributed by atoms with Crippen LogP contribution < -0.4 is 5.32 Å². The quantitative estimate of drug-likeness (QED) is 0.745. The normalized spacial score (nSPS) is 44.6. The van der Waals surface area contributed by atoms with Crippen LogP contribution in [-0.2, 0) is 0 Å². The third kappa shape index (κ3) is 2.08. The average Bonchev–Trinajstić information content (AvgIpc) is 3.14. The van der Waals surface area contributed by atoms with E-state index in [2.05, 4.69) is 12.2 Å². The van der Waals surface area contributed by atoms with Gasteiger partial charge in [0.15, 0.2) is 0 Å². The number of hydrogen-bond donors (Lipinski definition) is 1. The van der Waals surface area contributed by atoms with Gasteiger partial charge in [0.2, 0.25) is 0 Å². The van der Waals surface area contributed by atoms with Crippen molar-refractivity contribution < 1.29 is 0 Å². The van der Waals surface area contributed by atoms with Crippen molar-refractivity contribution in [1.82, 2.24) is 5.32 Å². The van der Waals surface area contributed by atoms with Crippen LogP contribution in [0.15, 0.2) is 0 Å². The highest BCUT2D eigenvalue weighted by Crippen LogP contribution is 2.62. The van der Waals surface area contributed by atoms with Gasteiger partial charge in [-0.25, -0.2) is 0 Å². The minimum atomic E-state index is 0.820. The minimum Gasteiger partial charge on any atom is -0.314 e. The maximum absolute atomic E-state index is 3.72. The SMILES string of the molecule is CCC1CCCC2(C1)CC2CNC1CC1.